The molecule has 4 N–H and O–H groups in total. The van der Waals surface area contributed by atoms with Gasteiger partial charge in [-0.1, -0.05) is 30.3 Å². The van der Waals surface area contributed by atoms with Gasteiger partial charge in [-0.25, -0.2) is 9.78 Å². The number of pyridine rings is 1. The molecule has 0 saturated carbocycles. The van der Waals surface area contributed by atoms with Crippen molar-refractivity contribution in [1.82, 2.24) is 9.55 Å². The van der Waals surface area contributed by atoms with Crippen LogP contribution in [-0.4, -0.2) is 71.2 Å². The first kappa shape index (κ1) is 25.6. The van der Waals surface area contributed by atoms with Gasteiger partial charge >= 0.3 is 5.97 Å². The molecule has 36 heavy (non-hydrogen) atoms. The lowest BCUT2D eigenvalue weighted by atomic mass is 10.1. The third-order valence-corrected chi connectivity index (χ3v) is 6.27. The van der Waals surface area contributed by atoms with Crippen LogP contribution >= 0.6 is 0 Å². The molecule has 10 heteroatoms. The molecule has 3 aromatic rings. The molecule has 10 nitrogen and oxygen atoms in total. The van der Waals surface area contributed by atoms with Crippen LogP contribution in [0.15, 0.2) is 42.6 Å². The molecule has 1 aliphatic rings. The summed E-state index contributed by atoms with van der Waals surface area (Å²) in [5, 5.41) is 25.4. The summed E-state index contributed by atoms with van der Waals surface area (Å²) in [6, 6.07) is 11.8. The number of aliphatic hydroxyl groups excluding tert-OH is 2. The van der Waals surface area contributed by atoms with E-state index in [1.807, 2.05) is 18.2 Å². The Hall–Kier alpha value is -3.47. The van der Waals surface area contributed by atoms with Gasteiger partial charge in [-0.3, -0.25) is 4.79 Å². The van der Waals surface area contributed by atoms with Crippen LogP contribution in [0.3, 0.4) is 0 Å². The van der Waals surface area contributed by atoms with Gasteiger partial charge in [0.25, 0.3) is 0 Å². The maximum absolute atomic E-state index is 13.0. The second-order valence-corrected chi connectivity index (χ2v) is 8.82. The Morgan fingerprint density at radius 3 is 2.81 bits per heavy atom. The van der Waals surface area contributed by atoms with Gasteiger partial charge < -0.3 is 34.9 Å². The molecule has 0 spiro atoms. The molecule has 2 atom stereocenters. The van der Waals surface area contributed by atoms with E-state index in [2.05, 4.69) is 27.8 Å². The molecule has 1 saturated heterocycles. The third kappa shape index (κ3) is 5.84. The van der Waals surface area contributed by atoms with E-state index in [4.69, 9.17) is 14.6 Å². The molecule has 1 aliphatic heterocycles. The van der Waals surface area contributed by atoms with Gasteiger partial charge in [0.2, 0.25) is 5.91 Å². The highest BCUT2D eigenvalue weighted by atomic mass is 16.5. The van der Waals surface area contributed by atoms with Crippen molar-refractivity contribution in [2.75, 3.05) is 44.1 Å². The van der Waals surface area contributed by atoms with Crippen LogP contribution in [0.2, 0.25) is 0 Å². The Balaban J connectivity index is 1.71. The number of hydrogen-bond donors (Lipinski definition) is 4. The zero-order chi connectivity index (χ0) is 25.5. The zero-order valence-corrected chi connectivity index (χ0v) is 20.3. The fourth-order valence-electron chi connectivity index (χ4n) is 4.33. The van der Waals surface area contributed by atoms with E-state index in [-0.39, 0.29) is 30.7 Å². The minimum Gasteiger partial charge on any atom is -0.464 e. The van der Waals surface area contributed by atoms with Gasteiger partial charge in [-0.05, 0) is 30.9 Å². The highest BCUT2D eigenvalue weighted by Gasteiger charge is 2.29. The van der Waals surface area contributed by atoms with Gasteiger partial charge in [0.1, 0.15) is 5.65 Å². The summed E-state index contributed by atoms with van der Waals surface area (Å²) in [5.74, 6) is -1.10. The van der Waals surface area contributed by atoms with Crippen LogP contribution in [0.4, 0.5) is 11.4 Å². The summed E-state index contributed by atoms with van der Waals surface area (Å²) >= 11 is 0. The number of amides is 1. The van der Waals surface area contributed by atoms with Crippen LogP contribution < -0.4 is 10.6 Å². The predicted molar refractivity (Wildman–Crippen MR) is 135 cm³/mol. The standard InChI is InChI=1S/C26H32N4O6/c1-35-26(34)23-22(29-25(33)18-9-11-36-16-18)21-12-19(27-14-20(32)15-31)13-28-24(21)30(23)10-5-8-17-6-3-2-4-7-17/h2-4,6-7,12-13,18,20,27,31-32H,5,8-11,14-16H2,1H3,(H,29,33)/t18-,20-/m1/s1. The number of benzene rings is 1. The summed E-state index contributed by atoms with van der Waals surface area (Å²) in [5.41, 5.74) is 2.87. The number of anilines is 2. The van der Waals surface area contributed by atoms with Gasteiger partial charge in [-0.15, -0.1) is 0 Å². The number of ether oxygens (including phenoxy) is 2. The number of methoxy groups -OCH3 is 1. The van der Waals surface area contributed by atoms with Crippen LogP contribution in [0.1, 0.15) is 28.9 Å². The van der Waals surface area contributed by atoms with E-state index in [1.54, 1.807) is 16.8 Å². The van der Waals surface area contributed by atoms with Crippen molar-refractivity contribution >= 4 is 34.3 Å². The minimum absolute atomic E-state index is 0.117. The number of rotatable bonds is 11. The summed E-state index contributed by atoms with van der Waals surface area (Å²) < 4.78 is 12.3. The molecule has 1 aromatic carbocycles. The van der Waals surface area contributed by atoms with Gasteiger partial charge in [0, 0.05) is 25.1 Å². The number of aryl methyl sites for hydroxylation is 2. The van der Waals surface area contributed by atoms with Gasteiger partial charge in [0.15, 0.2) is 5.69 Å². The lowest BCUT2D eigenvalue weighted by Crippen LogP contribution is -2.24. The second-order valence-electron chi connectivity index (χ2n) is 8.82. The summed E-state index contributed by atoms with van der Waals surface area (Å²) in [7, 11) is 1.31. The minimum atomic E-state index is -0.935. The van der Waals surface area contributed by atoms with Crippen molar-refractivity contribution in [2.24, 2.45) is 5.92 Å². The number of fused-ring (bicyclic) bond motifs is 1. The topological polar surface area (TPSA) is 135 Å². The Labute approximate surface area is 209 Å². The van der Waals surface area contributed by atoms with E-state index < -0.39 is 12.1 Å². The van der Waals surface area contributed by atoms with Gasteiger partial charge in [0.05, 0.1) is 49.9 Å². The van der Waals surface area contributed by atoms with Crippen LogP contribution in [0.25, 0.3) is 11.0 Å². The van der Waals surface area contributed by atoms with Crippen molar-refractivity contribution in [2.45, 2.75) is 31.9 Å². The third-order valence-electron chi connectivity index (χ3n) is 6.27. The molecule has 0 radical (unpaired) electrons. The number of aromatic nitrogens is 2. The Kier molecular flexibility index (Phi) is 8.52. The summed E-state index contributed by atoms with van der Waals surface area (Å²) in [4.78, 5) is 30.6. The van der Waals surface area contributed by atoms with Crippen LogP contribution in [-0.2, 0) is 27.2 Å². The molecule has 1 amide bonds. The van der Waals surface area contributed by atoms with E-state index in [0.717, 1.165) is 12.8 Å². The Bertz CT molecular complexity index is 1190. The number of nitrogens with one attached hydrogen (secondary N) is 2. The fourth-order valence-corrected chi connectivity index (χ4v) is 4.33. The first-order valence-corrected chi connectivity index (χ1v) is 12.1. The highest BCUT2D eigenvalue weighted by molar-refractivity contribution is 6.11. The molecule has 2 aromatic heterocycles. The first-order valence-electron chi connectivity index (χ1n) is 12.1. The number of nitrogens with zero attached hydrogens (tertiary/aromatic N) is 2. The summed E-state index contributed by atoms with van der Waals surface area (Å²) in [6.45, 7) is 1.08. The van der Waals surface area contributed by atoms with E-state index in [9.17, 15) is 14.7 Å². The monoisotopic (exact) mass is 496 g/mol. The maximum Gasteiger partial charge on any atom is 0.356 e. The summed E-state index contributed by atoms with van der Waals surface area (Å²) in [6.07, 6.45) is 2.82. The van der Waals surface area contributed by atoms with Gasteiger partial charge in [-0.2, -0.15) is 0 Å². The molecule has 192 valence electrons. The predicted octanol–water partition coefficient (Wildman–Crippen LogP) is 2.20. The molecule has 0 aliphatic carbocycles. The number of hydrogen-bond acceptors (Lipinski definition) is 8. The molecule has 3 heterocycles. The molecular weight excluding hydrogens is 464 g/mol. The number of carbonyl (C=O) groups excluding carboxylic acids is 2. The smallest absolute Gasteiger partial charge is 0.356 e. The maximum atomic E-state index is 13.0. The average Bonchev–Trinajstić information content (AvgIpc) is 3.55. The lowest BCUT2D eigenvalue weighted by Gasteiger charge is -2.12. The quantitative estimate of drug-likeness (QED) is 0.297. The molecule has 0 bridgehead atoms. The molecular formula is C26H32N4O6. The normalized spacial score (nSPS) is 16.1. The van der Waals surface area contributed by atoms with Crippen molar-refractivity contribution in [3.63, 3.8) is 0 Å². The average molecular weight is 497 g/mol. The van der Waals surface area contributed by atoms with E-state index in [0.29, 0.717) is 48.6 Å². The van der Waals surface area contributed by atoms with Crippen molar-refractivity contribution in [3.05, 3.63) is 53.9 Å². The second kappa shape index (κ2) is 12.0. The number of carbonyl (C=O) groups is 2. The Morgan fingerprint density at radius 2 is 2.11 bits per heavy atom. The number of esters is 1. The lowest BCUT2D eigenvalue weighted by molar-refractivity contribution is -0.119. The fraction of sp³-hybridized carbons (Fsp3) is 0.423. The molecule has 4 rings (SSSR count). The van der Waals surface area contributed by atoms with Crippen molar-refractivity contribution in [3.8, 4) is 0 Å². The zero-order valence-electron chi connectivity index (χ0n) is 20.3. The molecule has 1 fully saturated rings. The van der Waals surface area contributed by atoms with Crippen molar-refractivity contribution in [1.29, 1.82) is 0 Å². The van der Waals surface area contributed by atoms with Crippen molar-refractivity contribution < 1.29 is 29.3 Å². The van der Waals surface area contributed by atoms with Crippen LogP contribution in [0.5, 0.6) is 0 Å². The van der Waals surface area contributed by atoms with E-state index >= 15 is 0 Å². The van der Waals surface area contributed by atoms with Crippen LogP contribution in [0, 0.1) is 5.92 Å². The SMILES string of the molecule is COC(=O)c1c(NC(=O)[C@@H]2CCOC2)c2cc(NC[C@@H](O)CO)cnc2n1CCCc1ccccc1. The largest absolute Gasteiger partial charge is 0.464 e. The molecule has 0 unspecified atom stereocenters. The Morgan fingerprint density at radius 1 is 1.31 bits per heavy atom. The van der Waals surface area contributed by atoms with E-state index in [1.165, 1.54) is 12.7 Å². The number of aliphatic hydroxyl groups is 2. The first-order chi connectivity index (χ1) is 17.5. The highest BCUT2D eigenvalue weighted by Crippen LogP contribution is 2.34.